The van der Waals surface area contributed by atoms with Gasteiger partial charge in [0, 0.05) is 24.9 Å². The molecule has 0 amide bonds. The van der Waals surface area contributed by atoms with Crippen LogP contribution in [-0.2, 0) is 4.74 Å². The van der Waals surface area contributed by atoms with Crippen molar-refractivity contribution in [3.63, 3.8) is 0 Å². The standard InChI is InChI=1S/C17H27NO2/c1-13-6-4-7-14(2)17(13)18-15-8-5-9-16(12-15)20-11-10-19-3/h5,8-9,12-14,17-18H,4,6-7,10-11H2,1-3H3. The molecule has 1 fully saturated rings. The van der Waals surface area contributed by atoms with Gasteiger partial charge in [0.05, 0.1) is 6.61 Å². The van der Waals surface area contributed by atoms with Crippen LogP contribution in [0.1, 0.15) is 33.1 Å². The van der Waals surface area contributed by atoms with E-state index in [9.17, 15) is 0 Å². The molecule has 1 aliphatic carbocycles. The smallest absolute Gasteiger partial charge is 0.121 e. The molecule has 3 nitrogen and oxygen atoms in total. The number of anilines is 1. The number of hydrogen-bond donors (Lipinski definition) is 1. The molecular weight excluding hydrogens is 250 g/mol. The zero-order valence-corrected chi connectivity index (χ0v) is 12.9. The minimum Gasteiger partial charge on any atom is -0.491 e. The summed E-state index contributed by atoms with van der Waals surface area (Å²) in [6.07, 6.45) is 4.01. The maximum atomic E-state index is 5.66. The highest BCUT2D eigenvalue weighted by Gasteiger charge is 2.27. The summed E-state index contributed by atoms with van der Waals surface area (Å²) < 4.78 is 10.7. The average molecular weight is 277 g/mol. The van der Waals surface area contributed by atoms with Crippen molar-refractivity contribution < 1.29 is 9.47 Å². The van der Waals surface area contributed by atoms with Crippen LogP contribution >= 0.6 is 0 Å². The monoisotopic (exact) mass is 277 g/mol. The quantitative estimate of drug-likeness (QED) is 0.799. The Bertz CT molecular complexity index is 398. The minimum atomic E-state index is 0.568. The predicted octanol–water partition coefficient (Wildman–Crippen LogP) is 3.95. The third-order valence-corrected chi connectivity index (χ3v) is 4.27. The van der Waals surface area contributed by atoms with Crippen LogP contribution in [-0.4, -0.2) is 26.4 Å². The van der Waals surface area contributed by atoms with Crippen LogP contribution in [0.2, 0.25) is 0 Å². The Morgan fingerprint density at radius 1 is 1.15 bits per heavy atom. The molecule has 1 saturated carbocycles. The first-order valence-corrected chi connectivity index (χ1v) is 7.69. The summed E-state index contributed by atoms with van der Waals surface area (Å²) in [7, 11) is 1.69. The number of ether oxygens (including phenoxy) is 2. The lowest BCUT2D eigenvalue weighted by Crippen LogP contribution is -2.37. The molecule has 0 bridgehead atoms. The Balaban J connectivity index is 1.96. The van der Waals surface area contributed by atoms with Crippen molar-refractivity contribution in [2.75, 3.05) is 25.6 Å². The normalized spacial score (nSPS) is 26.2. The largest absolute Gasteiger partial charge is 0.491 e. The predicted molar refractivity (Wildman–Crippen MR) is 83.4 cm³/mol. The third-order valence-electron chi connectivity index (χ3n) is 4.27. The second kappa shape index (κ2) is 7.53. The van der Waals surface area contributed by atoms with Crippen molar-refractivity contribution in [3.8, 4) is 5.75 Å². The van der Waals surface area contributed by atoms with Gasteiger partial charge in [-0.3, -0.25) is 0 Å². The SMILES string of the molecule is COCCOc1cccc(NC2C(C)CCCC2C)c1. The third kappa shape index (κ3) is 4.14. The first-order chi connectivity index (χ1) is 9.70. The number of methoxy groups -OCH3 is 1. The van der Waals surface area contributed by atoms with E-state index in [2.05, 4.69) is 31.3 Å². The van der Waals surface area contributed by atoms with E-state index in [1.54, 1.807) is 7.11 Å². The molecule has 1 aromatic carbocycles. The van der Waals surface area contributed by atoms with Gasteiger partial charge in [0.1, 0.15) is 12.4 Å². The van der Waals surface area contributed by atoms with Crippen molar-refractivity contribution in [3.05, 3.63) is 24.3 Å². The fourth-order valence-electron chi connectivity index (χ4n) is 3.08. The maximum absolute atomic E-state index is 5.66. The summed E-state index contributed by atoms with van der Waals surface area (Å²) in [6, 6.07) is 8.82. The molecule has 0 radical (unpaired) electrons. The van der Waals surface area contributed by atoms with Crippen molar-refractivity contribution in [2.45, 2.75) is 39.2 Å². The first kappa shape index (κ1) is 15.2. The number of rotatable bonds is 6. The summed E-state index contributed by atoms with van der Waals surface area (Å²) in [6.45, 7) is 5.92. The van der Waals surface area contributed by atoms with Gasteiger partial charge in [-0.25, -0.2) is 0 Å². The molecule has 0 aromatic heterocycles. The van der Waals surface area contributed by atoms with E-state index in [4.69, 9.17) is 9.47 Å². The van der Waals surface area contributed by atoms with E-state index in [1.165, 1.54) is 19.3 Å². The average Bonchev–Trinajstić information content (AvgIpc) is 2.44. The molecule has 1 aliphatic rings. The van der Waals surface area contributed by atoms with E-state index in [1.807, 2.05) is 12.1 Å². The van der Waals surface area contributed by atoms with Crippen LogP contribution in [0.5, 0.6) is 5.75 Å². The van der Waals surface area contributed by atoms with E-state index >= 15 is 0 Å². The summed E-state index contributed by atoms with van der Waals surface area (Å²) in [5, 5.41) is 3.70. The van der Waals surface area contributed by atoms with Crippen LogP contribution in [0.4, 0.5) is 5.69 Å². The molecule has 1 aromatic rings. The highest BCUT2D eigenvalue weighted by Crippen LogP contribution is 2.31. The molecule has 112 valence electrons. The Morgan fingerprint density at radius 2 is 1.90 bits per heavy atom. The van der Waals surface area contributed by atoms with Gasteiger partial charge in [-0.1, -0.05) is 26.3 Å². The Morgan fingerprint density at radius 3 is 2.60 bits per heavy atom. The van der Waals surface area contributed by atoms with Crippen LogP contribution < -0.4 is 10.1 Å². The summed E-state index contributed by atoms with van der Waals surface area (Å²) in [5.41, 5.74) is 1.16. The summed E-state index contributed by atoms with van der Waals surface area (Å²) >= 11 is 0. The van der Waals surface area contributed by atoms with Gasteiger partial charge in [-0.2, -0.15) is 0 Å². The second-order valence-corrected chi connectivity index (χ2v) is 5.92. The molecule has 0 spiro atoms. The summed E-state index contributed by atoms with van der Waals surface area (Å²) in [4.78, 5) is 0. The van der Waals surface area contributed by atoms with Gasteiger partial charge >= 0.3 is 0 Å². The van der Waals surface area contributed by atoms with Gasteiger partial charge in [0.15, 0.2) is 0 Å². The summed E-state index contributed by atoms with van der Waals surface area (Å²) in [5.74, 6) is 2.37. The molecule has 2 unspecified atom stereocenters. The fraction of sp³-hybridized carbons (Fsp3) is 0.647. The molecule has 0 heterocycles. The molecule has 2 rings (SSSR count). The van der Waals surface area contributed by atoms with Crippen molar-refractivity contribution in [2.24, 2.45) is 11.8 Å². The molecule has 1 N–H and O–H groups in total. The number of benzene rings is 1. The first-order valence-electron chi connectivity index (χ1n) is 7.69. The molecular formula is C17H27NO2. The van der Waals surface area contributed by atoms with Gasteiger partial charge in [-0.15, -0.1) is 0 Å². The van der Waals surface area contributed by atoms with Crippen LogP contribution in [0.25, 0.3) is 0 Å². The van der Waals surface area contributed by atoms with E-state index in [0.717, 1.165) is 23.3 Å². The van der Waals surface area contributed by atoms with Gasteiger partial charge < -0.3 is 14.8 Å². The highest BCUT2D eigenvalue weighted by atomic mass is 16.5. The second-order valence-electron chi connectivity index (χ2n) is 5.92. The van der Waals surface area contributed by atoms with Crippen LogP contribution in [0, 0.1) is 11.8 Å². The molecule has 2 atom stereocenters. The van der Waals surface area contributed by atoms with Crippen molar-refractivity contribution in [1.82, 2.24) is 0 Å². The van der Waals surface area contributed by atoms with E-state index < -0.39 is 0 Å². The lowest BCUT2D eigenvalue weighted by Gasteiger charge is -2.36. The van der Waals surface area contributed by atoms with Crippen molar-refractivity contribution in [1.29, 1.82) is 0 Å². The molecule has 20 heavy (non-hydrogen) atoms. The van der Waals surface area contributed by atoms with Crippen LogP contribution in [0.15, 0.2) is 24.3 Å². The molecule has 0 aliphatic heterocycles. The Labute approximate surface area is 122 Å². The topological polar surface area (TPSA) is 30.5 Å². The Kier molecular flexibility index (Phi) is 5.72. The van der Waals surface area contributed by atoms with E-state index in [-0.39, 0.29) is 0 Å². The lowest BCUT2D eigenvalue weighted by molar-refractivity contribution is 0.146. The van der Waals surface area contributed by atoms with Crippen molar-refractivity contribution >= 4 is 5.69 Å². The fourth-order valence-corrected chi connectivity index (χ4v) is 3.08. The van der Waals surface area contributed by atoms with Gasteiger partial charge in [0.25, 0.3) is 0 Å². The molecule has 3 heteroatoms. The lowest BCUT2D eigenvalue weighted by atomic mass is 9.78. The van der Waals surface area contributed by atoms with Gasteiger partial charge in [0.2, 0.25) is 0 Å². The highest BCUT2D eigenvalue weighted by molar-refractivity contribution is 5.49. The molecule has 0 saturated heterocycles. The number of hydrogen-bond acceptors (Lipinski definition) is 3. The Hall–Kier alpha value is -1.22. The van der Waals surface area contributed by atoms with Gasteiger partial charge in [-0.05, 0) is 36.8 Å². The maximum Gasteiger partial charge on any atom is 0.121 e. The van der Waals surface area contributed by atoms with Crippen LogP contribution in [0.3, 0.4) is 0 Å². The van der Waals surface area contributed by atoms with E-state index in [0.29, 0.717) is 19.3 Å². The zero-order chi connectivity index (χ0) is 14.4. The zero-order valence-electron chi connectivity index (χ0n) is 12.9. The number of nitrogens with one attached hydrogen (secondary N) is 1. The minimum absolute atomic E-state index is 0.568.